The van der Waals surface area contributed by atoms with Crippen LogP contribution in [-0.2, 0) is 6.54 Å². The number of imidazole rings is 1. The molecule has 0 spiro atoms. The molecule has 7 nitrogen and oxygen atoms in total. The van der Waals surface area contributed by atoms with Gasteiger partial charge in [0.15, 0.2) is 16.6 Å². The van der Waals surface area contributed by atoms with E-state index in [4.69, 9.17) is 11.6 Å². The summed E-state index contributed by atoms with van der Waals surface area (Å²) in [5, 5.41) is 8.41. The van der Waals surface area contributed by atoms with Crippen molar-refractivity contribution in [3.63, 3.8) is 0 Å². The van der Waals surface area contributed by atoms with E-state index in [2.05, 4.69) is 30.4 Å². The van der Waals surface area contributed by atoms with E-state index in [-0.39, 0.29) is 10.5 Å². The second-order valence-corrected chi connectivity index (χ2v) is 7.62. The van der Waals surface area contributed by atoms with Gasteiger partial charge in [0.2, 0.25) is 5.95 Å². The maximum Gasteiger partial charge on any atom is 0.228 e. The molecule has 3 aromatic heterocycles. The summed E-state index contributed by atoms with van der Waals surface area (Å²) in [5.74, 6) is 1.18. The van der Waals surface area contributed by atoms with Crippen LogP contribution in [0.1, 0.15) is 30.1 Å². The summed E-state index contributed by atoms with van der Waals surface area (Å²) in [7, 11) is 0. The molecular weight excluding hydrogens is 389 g/mol. The third-order valence-corrected chi connectivity index (χ3v) is 5.42. The Morgan fingerprint density at radius 2 is 2.19 bits per heavy atom. The molecule has 0 radical (unpaired) electrons. The number of anilines is 1. The number of benzene rings is 1. The van der Waals surface area contributed by atoms with Crippen molar-refractivity contribution < 1.29 is 4.39 Å². The third kappa shape index (κ3) is 2.90. The Balaban J connectivity index is 1.48. The van der Waals surface area contributed by atoms with Gasteiger partial charge in [0.05, 0.1) is 23.3 Å². The molecule has 10 heteroatoms. The minimum Gasteiger partial charge on any atom is -0.347 e. The van der Waals surface area contributed by atoms with Crippen LogP contribution in [0, 0.1) is 5.82 Å². The Hall–Kier alpha value is -2.39. The molecule has 1 fully saturated rings. The molecule has 27 heavy (non-hydrogen) atoms. The minimum absolute atomic E-state index is 0.0553. The quantitative estimate of drug-likeness (QED) is 0.490. The number of aromatic amines is 1. The average Bonchev–Trinajstić information content (AvgIpc) is 3.29. The summed E-state index contributed by atoms with van der Waals surface area (Å²) in [6, 6.07) is 3.22. The summed E-state index contributed by atoms with van der Waals surface area (Å²) in [4.78, 5) is 16.5. The molecule has 1 aliphatic carbocycles. The summed E-state index contributed by atoms with van der Waals surface area (Å²) < 4.78 is 15.8. The first-order valence-corrected chi connectivity index (χ1v) is 10.1. The first-order valence-electron chi connectivity index (χ1n) is 8.50. The van der Waals surface area contributed by atoms with E-state index in [1.165, 1.54) is 30.7 Å². The van der Waals surface area contributed by atoms with Gasteiger partial charge >= 0.3 is 0 Å². The van der Waals surface area contributed by atoms with E-state index in [1.54, 1.807) is 10.6 Å². The van der Waals surface area contributed by atoms with Crippen LogP contribution < -0.4 is 5.32 Å². The van der Waals surface area contributed by atoms with Gasteiger partial charge in [-0.1, -0.05) is 23.4 Å². The molecule has 0 aliphatic heterocycles. The molecule has 5 rings (SSSR count). The fourth-order valence-corrected chi connectivity index (χ4v) is 3.59. The summed E-state index contributed by atoms with van der Waals surface area (Å²) in [5.41, 5.74) is 2.83. The maximum atomic E-state index is 14.1. The molecule has 1 aliphatic rings. The fraction of sp³-hybridized carbons (Fsp3) is 0.294. The predicted molar refractivity (Wildman–Crippen MR) is 103 cm³/mol. The van der Waals surface area contributed by atoms with Crippen molar-refractivity contribution in [2.75, 3.05) is 11.6 Å². The van der Waals surface area contributed by atoms with Crippen molar-refractivity contribution in [1.29, 1.82) is 0 Å². The largest absolute Gasteiger partial charge is 0.347 e. The Bertz CT molecular complexity index is 1170. The topological polar surface area (TPSA) is 83.8 Å². The van der Waals surface area contributed by atoms with Crippen molar-refractivity contribution >= 4 is 46.0 Å². The number of halogens is 2. The molecule has 4 aromatic rings. The number of rotatable bonds is 5. The number of nitrogens with one attached hydrogen (secondary N) is 2. The van der Waals surface area contributed by atoms with Gasteiger partial charge in [-0.2, -0.15) is 14.6 Å². The Morgan fingerprint density at radius 1 is 1.33 bits per heavy atom. The third-order valence-electron chi connectivity index (χ3n) is 4.58. The van der Waals surface area contributed by atoms with Gasteiger partial charge in [0.25, 0.3) is 0 Å². The number of aromatic nitrogens is 6. The minimum atomic E-state index is -0.521. The van der Waals surface area contributed by atoms with E-state index in [1.807, 2.05) is 12.5 Å². The van der Waals surface area contributed by atoms with Crippen LogP contribution in [0.15, 0.2) is 23.5 Å². The number of nitrogens with zero attached hydrogens (tertiary/aromatic N) is 5. The molecule has 138 valence electrons. The van der Waals surface area contributed by atoms with Crippen LogP contribution in [0.4, 0.5) is 10.3 Å². The number of thioether (sulfide) groups is 1. The summed E-state index contributed by atoms with van der Waals surface area (Å²) >= 11 is 7.31. The Morgan fingerprint density at radius 3 is 2.96 bits per heavy atom. The molecule has 0 bridgehead atoms. The van der Waals surface area contributed by atoms with Crippen LogP contribution >= 0.6 is 23.4 Å². The fourth-order valence-electron chi connectivity index (χ4n) is 3.08. The van der Waals surface area contributed by atoms with Crippen molar-refractivity contribution in [2.45, 2.75) is 30.5 Å². The number of hydrogen-bond donors (Lipinski definition) is 2. The molecule has 1 saturated carbocycles. The zero-order chi connectivity index (χ0) is 18.5. The van der Waals surface area contributed by atoms with E-state index < -0.39 is 5.82 Å². The van der Waals surface area contributed by atoms with Gasteiger partial charge < -0.3 is 10.3 Å². The lowest BCUT2D eigenvalue weighted by atomic mass is 10.2. The Kier molecular flexibility index (Phi) is 3.94. The van der Waals surface area contributed by atoms with Crippen molar-refractivity contribution in [3.05, 3.63) is 40.6 Å². The lowest BCUT2D eigenvalue weighted by Gasteiger charge is -2.07. The summed E-state index contributed by atoms with van der Waals surface area (Å²) in [6.45, 7) is 0.338. The zero-order valence-corrected chi connectivity index (χ0v) is 15.9. The Labute approximate surface area is 162 Å². The molecule has 0 saturated heterocycles. The predicted octanol–water partition coefficient (Wildman–Crippen LogP) is 4.00. The highest BCUT2D eigenvalue weighted by Crippen LogP contribution is 2.41. The van der Waals surface area contributed by atoms with E-state index >= 15 is 0 Å². The molecule has 0 unspecified atom stereocenters. The zero-order valence-electron chi connectivity index (χ0n) is 14.3. The van der Waals surface area contributed by atoms with Gasteiger partial charge in [-0.25, -0.2) is 14.4 Å². The molecule has 1 aromatic carbocycles. The first kappa shape index (κ1) is 16.8. The molecule has 0 atom stereocenters. The first-order chi connectivity index (χ1) is 13.1. The van der Waals surface area contributed by atoms with Crippen LogP contribution in [0.5, 0.6) is 0 Å². The van der Waals surface area contributed by atoms with Gasteiger partial charge in [0, 0.05) is 5.56 Å². The highest BCUT2D eigenvalue weighted by atomic mass is 35.5. The molecule has 2 N–H and O–H groups in total. The van der Waals surface area contributed by atoms with Crippen LogP contribution in [0.2, 0.25) is 5.02 Å². The van der Waals surface area contributed by atoms with Gasteiger partial charge in [0.1, 0.15) is 11.3 Å². The van der Waals surface area contributed by atoms with Crippen molar-refractivity contribution in [3.8, 4) is 0 Å². The number of fused-ring (bicyclic) bond motifs is 2. The highest BCUT2D eigenvalue weighted by Gasteiger charge is 2.28. The summed E-state index contributed by atoms with van der Waals surface area (Å²) in [6.07, 6.45) is 6.16. The van der Waals surface area contributed by atoms with E-state index in [0.29, 0.717) is 34.9 Å². The van der Waals surface area contributed by atoms with E-state index in [9.17, 15) is 4.39 Å². The normalized spacial score (nSPS) is 14.3. The monoisotopic (exact) mass is 403 g/mol. The number of hydrogen-bond acceptors (Lipinski definition) is 6. The van der Waals surface area contributed by atoms with Crippen LogP contribution in [0.25, 0.3) is 16.7 Å². The number of H-pyrrole nitrogens is 1. The molecular formula is C17H15ClFN7S. The van der Waals surface area contributed by atoms with Gasteiger partial charge in [-0.3, -0.25) is 0 Å². The standard InChI is InChI=1S/C17H15ClFN7S/c1-27-17-24-15-9(8-2-3-8)6-21-26(15)16(25-17)20-7-12-22-11-5-4-10(18)13(19)14(11)23-12/h4-6,8H,2-3,7H2,1H3,(H,22,23)(H,20,24,25). The lowest BCUT2D eigenvalue weighted by Crippen LogP contribution is -2.10. The van der Waals surface area contributed by atoms with Crippen LogP contribution in [0.3, 0.4) is 0 Å². The van der Waals surface area contributed by atoms with Crippen molar-refractivity contribution in [1.82, 2.24) is 29.5 Å². The van der Waals surface area contributed by atoms with Crippen molar-refractivity contribution in [2.24, 2.45) is 0 Å². The smallest absolute Gasteiger partial charge is 0.228 e. The van der Waals surface area contributed by atoms with Crippen LogP contribution in [-0.4, -0.2) is 35.8 Å². The average molecular weight is 404 g/mol. The van der Waals surface area contributed by atoms with E-state index in [0.717, 1.165) is 11.2 Å². The SMILES string of the molecule is CSc1nc(NCc2nc3c(F)c(Cl)ccc3[nH]2)n2ncc(C3CC3)c2n1. The lowest BCUT2D eigenvalue weighted by molar-refractivity contribution is 0.637. The molecule has 0 amide bonds. The van der Waals surface area contributed by atoms with Gasteiger partial charge in [-0.15, -0.1) is 0 Å². The second kappa shape index (κ2) is 6.35. The maximum absolute atomic E-state index is 14.1. The second-order valence-electron chi connectivity index (χ2n) is 6.44. The highest BCUT2D eigenvalue weighted by molar-refractivity contribution is 7.98. The molecule has 3 heterocycles. The van der Waals surface area contributed by atoms with Gasteiger partial charge in [-0.05, 0) is 37.1 Å².